The van der Waals surface area contributed by atoms with Gasteiger partial charge in [0, 0.05) is 28.9 Å². The zero-order valence-electron chi connectivity index (χ0n) is 15.1. The molecule has 5 nitrogen and oxygen atoms in total. The van der Waals surface area contributed by atoms with Gasteiger partial charge in [-0.05, 0) is 37.6 Å². The molecule has 0 aromatic heterocycles. The summed E-state index contributed by atoms with van der Waals surface area (Å²) in [5, 5.41) is 1.28. The van der Waals surface area contributed by atoms with E-state index in [1.807, 2.05) is 44.2 Å². The maximum Gasteiger partial charge on any atom is 0.258 e. The molecule has 1 heterocycles. The van der Waals surface area contributed by atoms with Gasteiger partial charge >= 0.3 is 0 Å². The second-order valence-corrected chi connectivity index (χ2v) is 8.30. The molecule has 138 valence electrons. The topological polar surface area (TPSA) is 66.5 Å². The first-order valence-electron chi connectivity index (χ1n) is 8.89. The smallest absolute Gasteiger partial charge is 0.258 e. The molecule has 4 rings (SSSR count). The summed E-state index contributed by atoms with van der Waals surface area (Å²) in [6.45, 7) is 4.26. The Labute approximate surface area is 158 Å². The molecule has 0 aliphatic carbocycles. The molecular weight excluding hydrogens is 360 g/mol. The zero-order valence-corrected chi connectivity index (χ0v) is 16.0. The summed E-state index contributed by atoms with van der Waals surface area (Å²) in [6, 6.07) is 17.6. The highest BCUT2D eigenvalue weighted by Crippen LogP contribution is 2.40. The van der Waals surface area contributed by atoms with Gasteiger partial charge < -0.3 is 4.90 Å². The summed E-state index contributed by atoms with van der Waals surface area (Å²) in [7, 11) is -3.76. The molecular formula is C21H20N2O3S. The van der Waals surface area contributed by atoms with Gasteiger partial charge in [-0.15, -0.1) is 0 Å². The second-order valence-electron chi connectivity index (χ2n) is 6.61. The van der Waals surface area contributed by atoms with Crippen molar-refractivity contribution in [1.82, 2.24) is 4.72 Å². The molecule has 6 heteroatoms. The van der Waals surface area contributed by atoms with Crippen molar-refractivity contribution in [1.29, 1.82) is 0 Å². The van der Waals surface area contributed by atoms with Crippen LogP contribution in [0.2, 0.25) is 0 Å². The van der Waals surface area contributed by atoms with E-state index in [1.54, 1.807) is 35.2 Å². The number of hydrogen-bond acceptors (Lipinski definition) is 3. The summed E-state index contributed by atoms with van der Waals surface area (Å²) in [6.07, 6.45) is 0. The van der Waals surface area contributed by atoms with Crippen molar-refractivity contribution in [2.45, 2.75) is 24.8 Å². The zero-order chi connectivity index (χ0) is 19.2. The van der Waals surface area contributed by atoms with E-state index in [0.29, 0.717) is 22.9 Å². The van der Waals surface area contributed by atoms with Crippen LogP contribution in [0.4, 0.5) is 5.69 Å². The van der Waals surface area contributed by atoms with Gasteiger partial charge in [0.15, 0.2) is 0 Å². The highest BCUT2D eigenvalue weighted by molar-refractivity contribution is 7.89. The standard InChI is InChI=1S/C21H20N2O3S/c1-3-23-18-12-13-19(16-10-7-11-17(20(16)18)21(23)24)27(25,26)22-14(2)15-8-5-4-6-9-15/h4-14,22H,3H2,1-2H3. The maximum absolute atomic E-state index is 13.1. The molecule has 1 aliphatic heterocycles. The summed E-state index contributed by atoms with van der Waals surface area (Å²) in [5.74, 6) is -0.0849. The highest BCUT2D eigenvalue weighted by atomic mass is 32.2. The summed E-state index contributed by atoms with van der Waals surface area (Å²) < 4.78 is 28.9. The third-order valence-electron chi connectivity index (χ3n) is 4.98. The van der Waals surface area contributed by atoms with Crippen LogP contribution in [-0.2, 0) is 10.0 Å². The Bertz CT molecular complexity index is 1140. The number of benzene rings is 3. The molecule has 0 saturated carbocycles. The van der Waals surface area contributed by atoms with Crippen molar-refractivity contribution in [2.24, 2.45) is 0 Å². The van der Waals surface area contributed by atoms with Gasteiger partial charge in [0.25, 0.3) is 5.91 Å². The number of carbonyl (C=O) groups is 1. The number of rotatable bonds is 5. The van der Waals surface area contributed by atoms with Crippen LogP contribution in [-0.4, -0.2) is 20.9 Å². The van der Waals surface area contributed by atoms with Crippen molar-refractivity contribution in [3.05, 3.63) is 71.8 Å². The van der Waals surface area contributed by atoms with Gasteiger partial charge in [0.1, 0.15) is 0 Å². The lowest BCUT2D eigenvalue weighted by Crippen LogP contribution is -2.27. The lowest BCUT2D eigenvalue weighted by Gasteiger charge is -2.17. The number of nitrogens with one attached hydrogen (secondary N) is 1. The Morgan fingerprint density at radius 1 is 1.00 bits per heavy atom. The predicted octanol–water partition coefficient (Wildman–Crippen LogP) is 3.86. The molecule has 1 atom stereocenters. The van der Waals surface area contributed by atoms with Crippen LogP contribution >= 0.6 is 0 Å². The van der Waals surface area contributed by atoms with E-state index >= 15 is 0 Å². The Morgan fingerprint density at radius 2 is 1.74 bits per heavy atom. The quantitative estimate of drug-likeness (QED) is 0.731. The van der Waals surface area contributed by atoms with E-state index in [2.05, 4.69) is 4.72 Å². The van der Waals surface area contributed by atoms with Gasteiger partial charge in [-0.25, -0.2) is 13.1 Å². The van der Waals surface area contributed by atoms with E-state index in [0.717, 1.165) is 11.3 Å². The first-order valence-corrected chi connectivity index (χ1v) is 10.4. The van der Waals surface area contributed by atoms with Crippen LogP contribution in [0.25, 0.3) is 10.8 Å². The summed E-state index contributed by atoms with van der Waals surface area (Å²) >= 11 is 0. The third kappa shape index (κ3) is 2.81. The molecule has 1 aliphatic rings. The van der Waals surface area contributed by atoms with Crippen molar-refractivity contribution in [2.75, 3.05) is 11.4 Å². The Morgan fingerprint density at radius 3 is 2.44 bits per heavy atom. The molecule has 3 aromatic carbocycles. The molecule has 0 fully saturated rings. The van der Waals surface area contributed by atoms with E-state index in [-0.39, 0.29) is 16.8 Å². The SMILES string of the molecule is CCN1C(=O)c2cccc3c(S(=O)(=O)NC(C)c4ccccc4)ccc1c23. The predicted molar refractivity (Wildman–Crippen MR) is 106 cm³/mol. The van der Waals surface area contributed by atoms with Crippen LogP contribution in [0.3, 0.4) is 0 Å². The van der Waals surface area contributed by atoms with Crippen LogP contribution in [0.1, 0.15) is 35.8 Å². The van der Waals surface area contributed by atoms with E-state index in [1.165, 1.54) is 0 Å². The molecule has 0 saturated heterocycles. The fourth-order valence-electron chi connectivity index (χ4n) is 3.67. The van der Waals surface area contributed by atoms with Crippen molar-refractivity contribution >= 4 is 32.4 Å². The van der Waals surface area contributed by atoms with Crippen LogP contribution in [0.15, 0.2) is 65.6 Å². The fraction of sp³-hybridized carbons (Fsp3) is 0.190. The molecule has 0 bridgehead atoms. The fourth-order valence-corrected chi connectivity index (χ4v) is 5.11. The van der Waals surface area contributed by atoms with Gasteiger partial charge in [-0.3, -0.25) is 4.79 Å². The van der Waals surface area contributed by atoms with Gasteiger partial charge in [0.2, 0.25) is 10.0 Å². The van der Waals surface area contributed by atoms with Crippen molar-refractivity contribution in [3.63, 3.8) is 0 Å². The highest BCUT2D eigenvalue weighted by Gasteiger charge is 2.31. The number of amides is 1. The number of nitrogens with zero attached hydrogens (tertiary/aromatic N) is 1. The molecule has 0 spiro atoms. The number of anilines is 1. The molecule has 0 radical (unpaired) electrons. The van der Waals surface area contributed by atoms with Gasteiger partial charge in [-0.2, -0.15) is 0 Å². The largest absolute Gasteiger partial charge is 0.308 e. The van der Waals surface area contributed by atoms with Gasteiger partial charge in [0.05, 0.1) is 10.6 Å². The maximum atomic E-state index is 13.1. The first-order chi connectivity index (χ1) is 12.9. The minimum atomic E-state index is -3.76. The lowest BCUT2D eigenvalue weighted by atomic mass is 10.1. The third-order valence-corrected chi connectivity index (χ3v) is 6.58. The second kappa shape index (κ2) is 6.48. The monoisotopic (exact) mass is 380 g/mol. The molecule has 27 heavy (non-hydrogen) atoms. The molecule has 3 aromatic rings. The van der Waals surface area contributed by atoms with Crippen LogP contribution in [0.5, 0.6) is 0 Å². The summed E-state index contributed by atoms with van der Waals surface area (Å²) in [4.78, 5) is 14.5. The Kier molecular flexibility index (Phi) is 4.25. The normalized spacial score (nSPS) is 14.7. The molecule has 1 unspecified atom stereocenters. The first kappa shape index (κ1) is 17.7. The molecule has 1 amide bonds. The van der Waals surface area contributed by atoms with E-state index in [4.69, 9.17) is 0 Å². The van der Waals surface area contributed by atoms with Crippen molar-refractivity contribution in [3.8, 4) is 0 Å². The number of hydrogen-bond donors (Lipinski definition) is 1. The minimum Gasteiger partial charge on any atom is -0.308 e. The number of sulfonamides is 1. The number of carbonyl (C=O) groups excluding carboxylic acids is 1. The van der Waals surface area contributed by atoms with Crippen LogP contribution in [0, 0.1) is 0 Å². The van der Waals surface area contributed by atoms with E-state index < -0.39 is 10.0 Å². The Balaban J connectivity index is 1.81. The average Bonchev–Trinajstić information content (AvgIpc) is 2.95. The minimum absolute atomic E-state index is 0.0849. The Hall–Kier alpha value is -2.70. The average molecular weight is 380 g/mol. The van der Waals surface area contributed by atoms with E-state index in [9.17, 15) is 13.2 Å². The summed E-state index contributed by atoms with van der Waals surface area (Å²) in [5.41, 5.74) is 2.21. The molecule has 1 N–H and O–H groups in total. The van der Waals surface area contributed by atoms with Gasteiger partial charge in [-0.1, -0.05) is 42.5 Å². The van der Waals surface area contributed by atoms with Crippen LogP contribution < -0.4 is 9.62 Å². The lowest BCUT2D eigenvalue weighted by molar-refractivity contribution is 0.0994. The van der Waals surface area contributed by atoms with Crippen molar-refractivity contribution < 1.29 is 13.2 Å².